The number of hydrogen-bond donors (Lipinski definition) is 1. The van der Waals surface area contributed by atoms with Crippen molar-refractivity contribution in [2.45, 2.75) is 44.4 Å². The maximum absolute atomic E-state index is 13.0. The minimum absolute atomic E-state index is 0.00925. The van der Waals surface area contributed by atoms with Crippen LogP contribution in [0.4, 0.5) is 5.13 Å². The van der Waals surface area contributed by atoms with Gasteiger partial charge in [-0.15, -0.1) is 23.1 Å². The Hall–Kier alpha value is -1.86. The first-order valence-corrected chi connectivity index (χ1v) is 11.5. The zero-order chi connectivity index (χ0) is 19.7. The molecule has 0 radical (unpaired) electrons. The molecule has 0 bridgehead atoms. The highest BCUT2D eigenvalue weighted by molar-refractivity contribution is 8.00. The van der Waals surface area contributed by atoms with Gasteiger partial charge in [-0.1, -0.05) is 18.2 Å². The molecule has 148 valence electrons. The van der Waals surface area contributed by atoms with E-state index >= 15 is 0 Å². The zero-order valence-corrected chi connectivity index (χ0v) is 17.9. The molecule has 0 unspecified atom stereocenters. The molecular formula is C21H25N3O2S2. The summed E-state index contributed by atoms with van der Waals surface area (Å²) in [5, 5.41) is 3.68. The van der Waals surface area contributed by atoms with Crippen LogP contribution in [0.3, 0.4) is 0 Å². The number of benzene rings is 1. The van der Waals surface area contributed by atoms with Gasteiger partial charge in [0.1, 0.15) is 0 Å². The van der Waals surface area contributed by atoms with E-state index < -0.39 is 0 Å². The van der Waals surface area contributed by atoms with Gasteiger partial charge in [0.15, 0.2) is 5.13 Å². The monoisotopic (exact) mass is 415 g/mol. The van der Waals surface area contributed by atoms with Gasteiger partial charge in [0.05, 0.1) is 10.6 Å². The predicted molar refractivity (Wildman–Crippen MR) is 115 cm³/mol. The topological polar surface area (TPSA) is 62.3 Å². The number of carbonyl (C=O) groups is 2. The third-order valence-electron chi connectivity index (χ3n) is 5.84. The molecule has 5 nitrogen and oxygen atoms in total. The van der Waals surface area contributed by atoms with E-state index in [1.807, 2.05) is 55.9 Å². The molecule has 28 heavy (non-hydrogen) atoms. The van der Waals surface area contributed by atoms with Crippen LogP contribution in [0, 0.1) is 19.8 Å². The largest absolute Gasteiger partial charge is 0.323 e. The number of thiazole rings is 1. The van der Waals surface area contributed by atoms with Gasteiger partial charge < -0.3 is 10.2 Å². The Kier molecular flexibility index (Phi) is 5.47. The molecule has 2 fully saturated rings. The van der Waals surface area contributed by atoms with Crippen LogP contribution in [0.2, 0.25) is 0 Å². The lowest BCUT2D eigenvalue weighted by atomic mass is 9.84. The molecule has 2 heterocycles. The molecule has 1 aromatic heterocycles. The van der Waals surface area contributed by atoms with E-state index in [2.05, 4.69) is 15.2 Å². The van der Waals surface area contributed by atoms with Crippen LogP contribution in [-0.2, 0) is 4.79 Å². The van der Waals surface area contributed by atoms with Crippen LogP contribution in [0.15, 0.2) is 30.3 Å². The Bertz CT molecular complexity index is 854. The average Bonchev–Trinajstić information content (AvgIpc) is 3.25. The third kappa shape index (κ3) is 3.70. The molecule has 1 N–H and O–H groups in total. The SMILES string of the molecule is Cc1nc(NC(=O)C2CCC3(CC2)SCCN3C(=O)c2ccccc2)sc1C. The Labute approximate surface area is 173 Å². The number of aromatic nitrogens is 1. The number of nitrogens with one attached hydrogen (secondary N) is 1. The maximum atomic E-state index is 13.0. The van der Waals surface area contributed by atoms with Crippen LogP contribution in [0.25, 0.3) is 0 Å². The van der Waals surface area contributed by atoms with Gasteiger partial charge in [-0.3, -0.25) is 9.59 Å². The normalized spacial score (nSPS) is 24.5. The second-order valence-corrected chi connectivity index (χ2v) is 10.2. The quantitative estimate of drug-likeness (QED) is 0.803. The molecule has 2 aliphatic rings. The molecule has 2 amide bonds. The zero-order valence-electron chi connectivity index (χ0n) is 16.2. The van der Waals surface area contributed by atoms with Crippen LogP contribution in [-0.4, -0.2) is 38.9 Å². The number of anilines is 1. The van der Waals surface area contributed by atoms with Crippen molar-refractivity contribution in [1.29, 1.82) is 0 Å². The van der Waals surface area contributed by atoms with E-state index in [-0.39, 0.29) is 22.6 Å². The summed E-state index contributed by atoms with van der Waals surface area (Å²) in [4.78, 5) is 33.2. The Balaban J connectivity index is 1.40. The van der Waals surface area contributed by atoms with Crippen LogP contribution >= 0.6 is 23.1 Å². The van der Waals surface area contributed by atoms with E-state index in [0.29, 0.717) is 5.13 Å². The summed E-state index contributed by atoms with van der Waals surface area (Å²) < 4.78 is 0. The van der Waals surface area contributed by atoms with E-state index in [9.17, 15) is 9.59 Å². The highest BCUT2D eigenvalue weighted by atomic mass is 32.2. The lowest BCUT2D eigenvalue weighted by Gasteiger charge is -2.42. The van der Waals surface area contributed by atoms with Gasteiger partial charge >= 0.3 is 0 Å². The van der Waals surface area contributed by atoms with E-state index in [4.69, 9.17) is 0 Å². The maximum Gasteiger partial charge on any atom is 0.254 e. The summed E-state index contributed by atoms with van der Waals surface area (Å²) in [5.41, 5.74) is 1.72. The highest BCUT2D eigenvalue weighted by Crippen LogP contribution is 2.48. The molecule has 1 spiro atoms. The highest BCUT2D eigenvalue weighted by Gasteiger charge is 2.47. The van der Waals surface area contributed by atoms with Gasteiger partial charge in [-0.2, -0.15) is 0 Å². The Morgan fingerprint density at radius 1 is 1.18 bits per heavy atom. The molecule has 1 aromatic carbocycles. The number of aryl methyl sites for hydroxylation is 2. The summed E-state index contributed by atoms with van der Waals surface area (Å²) in [6.45, 7) is 4.76. The minimum atomic E-state index is -0.155. The molecule has 1 aliphatic carbocycles. The first-order chi connectivity index (χ1) is 13.5. The smallest absolute Gasteiger partial charge is 0.254 e. The fourth-order valence-corrected chi connectivity index (χ4v) is 6.44. The molecule has 0 atom stereocenters. The number of hydrogen-bond acceptors (Lipinski definition) is 5. The fraction of sp³-hybridized carbons (Fsp3) is 0.476. The van der Waals surface area contributed by atoms with E-state index in [1.54, 1.807) is 0 Å². The van der Waals surface area contributed by atoms with Gasteiger partial charge in [0, 0.05) is 28.7 Å². The standard InChI is InChI=1S/C21H25N3O2S2/c1-14-15(2)28-20(22-14)23-18(25)16-8-10-21(11-9-16)24(12-13-27-21)19(26)17-6-4-3-5-7-17/h3-7,16H,8-13H2,1-2H3,(H,22,23,25). The number of nitrogens with zero attached hydrogens (tertiary/aromatic N) is 2. The summed E-state index contributed by atoms with van der Waals surface area (Å²) in [6, 6.07) is 9.52. The molecule has 4 rings (SSSR count). The number of carbonyl (C=O) groups excluding carboxylic acids is 2. The van der Waals surface area contributed by atoms with Crippen molar-refractivity contribution < 1.29 is 9.59 Å². The summed E-state index contributed by atoms with van der Waals surface area (Å²) >= 11 is 3.41. The van der Waals surface area contributed by atoms with Crippen molar-refractivity contribution in [1.82, 2.24) is 9.88 Å². The number of amides is 2. The van der Waals surface area contributed by atoms with Crippen molar-refractivity contribution in [3.05, 3.63) is 46.5 Å². The Morgan fingerprint density at radius 3 is 2.54 bits per heavy atom. The second kappa shape index (κ2) is 7.87. The predicted octanol–water partition coefficient (Wildman–Crippen LogP) is 4.47. The van der Waals surface area contributed by atoms with Gasteiger partial charge in [0.2, 0.25) is 5.91 Å². The van der Waals surface area contributed by atoms with E-state index in [1.165, 1.54) is 11.3 Å². The van der Waals surface area contributed by atoms with E-state index in [0.717, 1.165) is 54.1 Å². The molecule has 1 saturated heterocycles. The first kappa shape index (κ1) is 19.5. The van der Waals surface area contributed by atoms with Crippen molar-refractivity contribution in [2.75, 3.05) is 17.6 Å². The lowest BCUT2D eigenvalue weighted by molar-refractivity contribution is -0.121. The third-order valence-corrected chi connectivity index (χ3v) is 8.38. The molecule has 2 aromatic rings. The van der Waals surface area contributed by atoms with Crippen LogP contribution in [0.5, 0.6) is 0 Å². The molecule has 1 saturated carbocycles. The lowest BCUT2D eigenvalue weighted by Crippen LogP contribution is -2.48. The fourth-order valence-electron chi connectivity index (χ4n) is 4.11. The van der Waals surface area contributed by atoms with Crippen molar-refractivity contribution >= 4 is 40.0 Å². The van der Waals surface area contributed by atoms with Gasteiger partial charge in [-0.25, -0.2) is 4.98 Å². The summed E-state index contributed by atoms with van der Waals surface area (Å²) in [6.07, 6.45) is 3.34. The van der Waals surface area contributed by atoms with Crippen LogP contribution < -0.4 is 5.32 Å². The van der Waals surface area contributed by atoms with Crippen molar-refractivity contribution in [2.24, 2.45) is 5.92 Å². The summed E-state index contributed by atoms with van der Waals surface area (Å²) in [7, 11) is 0. The van der Waals surface area contributed by atoms with Crippen LogP contribution in [0.1, 0.15) is 46.6 Å². The molecular weight excluding hydrogens is 390 g/mol. The number of thioether (sulfide) groups is 1. The minimum Gasteiger partial charge on any atom is -0.323 e. The first-order valence-electron chi connectivity index (χ1n) is 9.74. The number of rotatable bonds is 3. The van der Waals surface area contributed by atoms with Gasteiger partial charge in [0.25, 0.3) is 5.91 Å². The second-order valence-electron chi connectivity index (χ2n) is 7.54. The average molecular weight is 416 g/mol. The van der Waals surface area contributed by atoms with Gasteiger partial charge in [-0.05, 0) is 51.7 Å². The molecule has 1 aliphatic heterocycles. The Morgan fingerprint density at radius 2 is 1.89 bits per heavy atom. The summed E-state index contributed by atoms with van der Waals surface area (Å²) in [5.74, 6) is 1.13. The molecule has 7 heteroatoms. The van der Waals surface area contributed by atoms with Crippen molar-refractivity contribution in [3.63, 3.8) is 0 Å². The van der Waals surface area contributed by atoms with Crippen molar-refractivity contribution in [3.8, 4) is 0 Å².